The van der Waals surface area contributed by atoms with E-state index in [4.69, 9.17) is 9.47 Å². The zero-order valence-electron chi connectivity index (χ0n) is 11.6. The Morgan fingerprint density at radius 1 is 1.30 bits per heavy atom. The van der Waals surface area contributed by atoms with Gasteiger partial charge in [-0.2, -0.15) is 0 Å². The van der Waals surface area contributed by atoms with Gasteiger partial charge in [-0.3, -0.25) is 4.79 Å². The number of halogens is 1. The topological polar surface area (TPSA) is 35.5 Å². The molecule has 1 aromatic rings. The summed E-state index contributed by atoms with van der Waals surface area (Å²) in [5.41, 5.74) is 0.801. The third kappa shape index (κ3) is 2.63. The number of ether oxygens (including phenoxy) is 2. The molecule has 2 fully saturated rings. The molecule has 0 spiro atoms. The maximum Gasteiger partial charge on any atom is 0.166 e. The van der Waals surface area contributed by atoms with Crippen molar-refractivity contribution < 1.29 is 14.3 Å². The number of carbonyl (C=O) groups is 1. The van der Waals surface area contributed by atoms with Gasteiger partial charge in [-0.15, -0.1) is 0 Å². The Balaban J connectivity index is 1.66. The minimum absolute atomic E-state index is 0.288. The average molecular weight is 339 g/mol. The first-order chi connectivity index (χ1) is 9.72. The van der Waals surface area contributed by atoms with Crippen molar-refractivity contribution in [2.24, 2.45) is 17.8 Å². The Bertz CT molecular complexity index is 504. The lowest BCUT2D eigenvalue weighted by Gasteiger charge is -2.09. The number of benzene rings is 1. The fourth-order valence-corrected chi connectivity index (χ4v) is 3.90. The van der Waals surface area contributed by atoms with E-state index in [1.807, 2.05) is 18.2 Å². The first-order valence-corrected chi connectivity index (χ1v) is 7.97. The molecule has 0 aliphatic heterocycles. The van der Waals surface area contributed by atoms with Crippen LogP contribution in [-0.2, 0) is 4.74 Å². The Morgan fingerprint density at radius 3 is 2.70 bits per heavy atom. The third-order valence-corrected chi connectivity index (χ3v) is 5.09. The van der Waals surface area contributed by atoms with E-state index in [-0.39, 0.29) is 5.92 Å². The first kappa shape index (κ1) is 14.1. The Morgan fingerprint density at radius 2 is 2.05 bits per heavy atom. The minimum Gasteiger partial charge on any atom is -0.490 e. The van der Waals surface area contributed by atoms with Gasteiger partial charge in [-0.1, -0.05) is 6.42 Å². The standard InChI is InChI=1S/C16H19BrO3/c1-19-7-8-20-14-6-5-10(9-13(14)17)16(18)15-11-3-2-4-12(11)15/h5-6,9,11-12,15H,2-4,7-8H2,1H3. The van der Waals surface area contributed by atoms with Gasteiger partial charge in [0.25, 0.3) is 0 Å². The van der Waals surface area contributed by atoms with Gasteiger partial charge in [0.15, 0.2) is 5.78 Å². The number of hydrogen-bond donors (Lipinski definition) is 0. The second-order valence-electron chi connectivity index (χ2n) is 5.64. The van der Waals surface area contributed by atoms with Crippen LogP contribution in [0.1, 0.15) is 29.6 Å². The summed E-state index contributed by atoms with van der Waals surface area (Å²) in [6.45, 7) is 1.06. The summed E-state index contributed by atoms with van der Waals surface area (Å²) in [4.78, 5) is 12.5. The Hall–Kier alpha value is -0.870. The van der Waals surface area contributed by atoms with Crippen molar-refractivity contribution in [3.63, 3.8) is 0 Å². The highest BCUT2D eigenvalue weighted by Crippen LogP contribution is 2.58. The maximum atomic E-state index is 12.5. The van der Waals surface area contributed by atoms with Crippen LogP contribution in [0.3, 0.4) is 0 Å². The fraction of sp³-hybridized carbons (Fsp3) is 0.562. The highest BCUT2D eigenvalue weighted by atomic mass is 79.9. The summed E-state index contributed by atoms with van der Waals surface area (Å²) in [6, 6.07) is 5.63. The van der Waals surface area contributed by atoms with Crippen molar-refractivity contribution in [1.82, 2.24) is 0 Å². The summed E-state index contributed by atoms with van der Waals surface area (Å²) < 4.78 is 11.4. The molecule has 2 saturated carbocycles. The average Bonchev–Trinajstić information content (AvgIpc) is 2.92. The van der Waals surface area contributed by atoms with Gasteiger partial charge in [0.1, 0.15) is 12.4 Å². The van der Waals surface area contributed by atoms with Crippen LogP contribution < -0.4 is 4.74 Å². The molecule has 2 atom stereocenters. The Labute approximate surface area is 127 Å². The van der Waals surface area contributed by atoms with Gasteiger partial charge >= 0.3 is 0 Å². The van der Waals surface area contributed by atoms with Crippen LogP contribution in [0.4, 0.5) is 0 Å². The predicted octanol–water partition coefficient (Wildman–Crippen LogP) is 3.70. The fourth-order valence-electron chi connectivity index (χ4n) is 3.41. The van der Waals surface area contributed by atoms with Gasteiger partial charge in [-0.05, 0) is 58.8 Å². The molecule has 0 aromatic heterocycles. The van der Waals surface area contributed by atoms with E-state index in [1.54, 1.807) is 7.11 Å². The minimum atomic E-state index is 0.288. The van der Waals surface area contributed by atoms with Crippen molar-refractivity contribution in [2.45, 2.75) is 19.3 Å². The van der Waals surface area contributed by atoms with Crippen molar-refractivity contribution in [1.29, 1.82) is 0 Å². The molecule has 0 amide bonds. The molecule has 0 N–H and O–H groups in total. The van der Waals surface area contributed by atoms with Crippen LogP contribution in [0.2, 0.25) is 0 Å². The third-order valence-electron chi connectivity index (χ3n) is 4.47. The molecule has 2 aliphatic carbocycles. The lowest BCUT2D eigenvalue weighted by molar-refractivity contribution is 0.0951. The number of Topliss-reactive ketones (excluding diaryl/α,β-unsaturated/α-hetero) is 1. The second-order valence-corrected chi connectivity index (χ2v) is 6.49. The number of rotatable bonds is 6. The van der Waals surface area contributed by atoms with E-state index < -0.39 is 0 Å². The van der Waals surface area contributed by atoms with E-state index in [0.29, 0.717) is 30.8 Å². The molecule has 0 radical (unpaired) electrons. The van der Waals surface area contributed by atoms with Crippen molar-refractivity contribution >= 4 is 21.7 Å². The first-order valence-electron chi connectivity index (χ1n) is 7.18. The molecule has 3 nitrogen and oxygen atoms in total. The van der Waals surface area contributed by atoms with Crippen LogP contribution in [-0.4, -0.2) is 26.1 Å². The largest absolute Gasteiger partial charge is 0.490 e. The molecule has 0 saturated heterocycles. The monoisotopic (exact) mass is 338 g/mol. The van der Waals surface area contributed by atoms with Gasteiger partial charge in [0.2, 0.25) is 0 Å². The van der Waals surface area contributed by atoms with Crippen LogP contribution in [0.15, 0.2) is 22.7 Å². The smallest absolute Gasteiger partial charge is 0.166 e. The van der Waals surface area contributed by atoms with E-state index in [0.717, 1.165) is 15.8 Å². The van der Waals surface area contributed by atoms with Crippen molar-refractivity contribution in [2.75, 3.05) is 20.3 Å². The molecule has 3 rings (SSSR count). The summed E-state index contributed by atoms with van der Waals surface area (Å²) in [6.07, 6.45) is 3.77. The molecule has 0 bridgehead atoms. The molecular formula is C16H19BrO3. The lowest BCUT2D eigenvalue weighted by Crippen LogP contribution is -2.08. The molecule has 108 valence electrons. The van der Waals surface area contributed by atoms with Gasteiger partial charge in [0, 0.05) is 18.6 Å². The van der Waals surface area contributed by atoms with E-state index >= 15 is 0 Å². The van der Waals surface area contributed by atoms with Gasteiger partial charge < -0.3 is 9.47 Å². The number of fused-ring (bicyclic) bond motifs is 1. The summed E-state index contributed by atoms with van der Waals surface area (Å²) >= 11 is 3.48. The van der Waals surface area contributed by atoms with Gasteiger partial charge in [0.05, 0.1) is 11.1 Å². The maximum absolute atomic E-state index is 12.5. The summed E-state index contributed by atoms with van der Waals surface area (Å²) in [7, 11) is 1.65. The number of ketones is 1. The highest BCUT2D eigenvalue weighted by molar-refractivity contribution is 9.10. The SMILES string of the molecule is COCCOc1ccc(C(=O)C2C3CCCC32)cc1Br. The van der Waals surface area contributed by atoms with Crippen molar-refractivity contribution in [3.8, 4) is 5.75 Å². The molecule has 1 aromatic carbocycles. The molecule has 4 heteroatoms. The molecular weight excluding hydrogens is 320 g/mol. The number of hydrogen-bond acceptors (Lipinski definition) is 3. The van der Waals surface area contributed by atoms with Crippen LogP contribution in [0, 0.1) is 17.8 Å². The predicted molar refractivity (Wildman–Crippen MR) is 80.2 cm³/mol. The normalized spacial score (nSPS) is 27.2. The lowest BCUT2D eigenvalue weighted by atomic mass is 10.0. The zero-order valence-corrected chi connectivity index (χ0v) is 13.2. The zero-order chi connectivity index (χ0) is 14.1. The second kappa shape index (κ2) is 5.86. The quantitative estimate of drug-likeness (QED) is 0.586. The van der Waals surface area contributed by atoms with Crippen molar-refractivity contribution in [3.05, 3.63) is 28.2 Å². The molecule has 2 unspecified atom stereocenters. The van der Waals surface area contributed by atoms with Crippen LogP contribution in [0.5, 0.6) is 5.75 Å². The summed E-state index contributed by atoms with van der Waals surface area (Å²) in [5.74, 6) is 2.69. The van der Waals surface area contributed by atoms with Crippen LogP contribution >= 0.6 is 15.9 Å². The van der Waals surface area contributed by atoms with E-state index in [1.165, 1.54) is 19.3 Å². The van der Waals surface area contributed by atoms with E-state index in [2.05, 4.69) is 15.9 Å². The molecule has 20 heavy (non-hydrogen) atoms. The summed E-state index contributed by atoms with van der Waals surface area (Å²) in [5, 5.41) is 0. The number of carbonyl (C=O) groups excluding carboxylic acids is 1. The van der Waals surface area contributed by atoms with E-state index in [9.17, 15) is 4.79 Å². The van der Waals surface area contributed by atoms with Gasteiger partial charge in [-0.25, -0.2) is 0 Å². The van der Waals surface area contributed by atoms with Crippen LogP contribution in [0.25, 0.3) is 0 Å². The Kier molecular flexibility index (Phi) is 4.13. The number of methoxy groups -OCH3 is 1. The molecule has 0 heterocycles. The molecule has 2 aliphatic rings. The highest BCUT2D eigenvalue weighted by Gasteiger charge is 2.56.